The number of phosphoric ester groups is 3. The molecule has 0 aromatic rings. The van der Waals surface area contributed by atoms with E-state index in [-0.39, 0.29) is 57.0 Å². The molecule has 0 saturated heterocycles. The number of rotatable bonds is 57. The van der Waals surface area contributed by atoms with Crippen molar-refractivity contribution in [1.29, 1.82) is 0 Å². The topological polar surface area (TPSA) is 176 Å². The van der Waals surface area contributed by atoms with Crippen LogP contribution in [-0.4, -0.2) is 57.0 Å². The minimum atomic E-state index is -4.04. The van der Waals surface area contributed by atoms with Crippen LogP contribution in [0.5, 0.6) is 0 Å². The summed E-state index contributed by atoms with van der Waals surface area (Å²) in [6.45, 7) is 12.8. The van der Waals surface area contributed by atoms with Gasteiger partial charge < -0.3 is 41.8 Å². The predicted molar refractivity (Wildman–Crippen MR) is 320 cm³/mol. The molecule has 0 amide bonds. The molecule has 0 spiro atoms. The van der Waals surface area contributed by atoms with Gasteiger partial charge >= 0.3 is 17.4 Å². The first-order valence-corrected chi connectivity index (χ1v) is 35.5. The van der Waals surface area contributed by atoms with Gasteiger partial charge in [0.2, 0.25) is 0 Å². The third-order valence-corrected chi connectivity index (χ3v) is 15.8. The summed E-state index contributed by atoms with van der Waals surface area (Å²) < 4.78 is 61.4. The summed E-state index contributed by atoms with van der Waals surface area (Å²) >= 11 is 0. The van der Waals surface area contributed by atoms with Gasteiger partial charge in [0.05, 0.1) is 39.6 Å². The van der Waals surface area contributed by atoms with Crippen molar-refractivity contribution in [2.75, 3.05) is 39.6 Å². The fourth-order valence-electron chi connectivity index (χ4n) is 8.16. The van der Waals surface area contributed by atoms with Crippen LogP contribution in [0.3, 0.4) is 0 Å². The quantitative estimate of drug-likeness (QED) is 0.0244. The van der Waals surface area contributed by atoms with Gasteiger partial charge in [0, 0.05) is 0 Å². The van der Waals surface area contributed by atoms with E-state index in [1.165, 1.54) is 212 Å². The molecule has 76 heavy (non-hydrogen) atoms. The first-order chi connectivity index (χ1) is 36.4. The van der Waals surface area contributed by atoms with Gasteiger partial charge in [-0.05, 0) is 117 Å². The van der Waals surface area contributed by atoms with Crippen LogP contribution in [0.1, 0.15) is 311 Å². The molecule has 0 fully saturated rings. The molecule has 3 unspecified atom stereocenters. The van der Waals surface area contributed by atoms with Gasteiger partial charge in [-0.1, -0.05) is 231 Å². The van der Waals surface area contributed by atoms with Crippen LogP contribution >= 0.6 is 23.5 Å². The maximum atomic E-state index is 11.2. The maximum absolute atomic E-state index is 11.2. The summed E-state index contributed by atoms with van der Waals surface area (Å²) in [5.74, 6) is 0. The van der Waals surface area contributed by atoms with Crippen molar-refractivity contribution in [2.24, 2.45) is 0 Å². The van der Waals surface area contributed by atoms with E-state index in [0.717, 1.165) is 57.8 Å². The van der Waals surface area contributed by atoms with Crippen LogP contribution in [-0.2, 0) is 40.8 Å². The Morgan fingerprint density at radius 3 is 0.579 bits per heavy atom. The third-order valence-electron chi connectivity index (χ3n) is 12.6. The summed E-state index contributed by atoms with van der Waals surface area (Å²) in [6, 6.07) is 0. The largest absolute Gasteiger partial charge is 3.00 e. The van der Waals surface area contributed by atoms with Crippen molar-refractivity contribution in [3.05, 3.63) is 36.5 Å². The molecule has 0 N–H and O–H groups in total. The summed E-state index contributed by atoms with van der Waals surface area (Å²) in [6.07, 6.45) is 65.9. The van der Waals surface area contributed by atoms with Crippen LogP contribution in [0, 0.1) is 0 Å². The Morgan fingerprint density at radius 1 is 0.250 bits per heavy atom. The Kier molecular flexibility index (Phi) is 73.4. The molecule has 16 heteroatoms. The standard InChI is InChI=1S/3C20H41O4P.Al/c3*1-3-5-6-7-8-9-10-11-12-13-14-15-16-17-18-19-20-24-25(21,22)23-4-2;/h3*11-12H,3-10,13-20H2,1-2H3,(H,21,22);/q;;;+3/p-3/b3*12-11-;. The summed E-state index contributed by atoms with van der Waals surface area (Å²) in [7, 11) is -12.1. The Morgan fingerprint density at radius 2 is 0.408 bits per heavy atom. The molecule has 0 heterocycles. The molecular formula is C60H120AlO12P3. The average molecular weight is 1150 g/mol. The molecule has 0 rings (SSSR count). The third kappa shape index (κ3) is 76.2. The summed E-state index contributed by atoms with van der Waals surface area (Å²) in [5.41, 5.74) is 0. The van der Waals surface area contributed by atoms with E-state index in [0.29, 0.717) is 0 Å². The van der Waals surface area contributed by atoms with Crippen LogP contribution in [0.15, 0.2) is 36.5 Å². The Balaban J connectivity index is -0.000000508. The molecule has 0 bridgehead atoms. The van der Waals surface area contributed by atoms with E-state index >= 15 is 0 Å². The van der Waals surface area contributed by atoms with Crippen molar-refractivity contribution in [3.63, 3.8) is 0 Å². The molecule has 450 valence electrons. The fourth-order valence-corrected chi connectivity index (χ4v) is 10.4. The van der Waals surface area contributed by atoms with Crippen LogP contribution in [0.25, 0.3) is 0 Å². The van der Waals surface area contributed by atoms with E-state index < -0.39 is 23.5 Å². The van der Waals surface area contributed by atoms with Crippen LogP contribution in [0.4, 0.5) is 0 Å². The van der Waals surface area contributed by atoms with Crippen LogP contribution < -0.4 is 14.7 Å². The zero-order valence-corrected chi connectivity index (χ0v) is 54.1. The Hall–Kier alpha value is 0.0825. The average Bonchev–Trinajstić information content (AvgIpc) is 3.37. The van der Waals surface area contributed by atoms with Crippen molar-refractivity contribution >= 4 is 40.8 Å². The van der Waals surface area contributed by atoms with E-state index in [2.05, 4.69) is 70.8 Å². The fraction of sp³-hybridized carbons (Fsp3) is 0.900. The Labute approximate surface area is 481 Å². The van der Waals surface area contributed by atoms with Crippen molar-refractivity contribution in [3.8, 4) is 0 Å². The van der Waals surface area contributed by atoms with Gasteiger partial charge in [0.1, 0.15) is 0 Å². The zero-order valence-electron chi connectivity index (χ0n) is 50.2. The minimum Gasteiger partial charge on any atom is -0.756 e. The van der Waals surface area contributed by atoms with Crippen molar-refractivity contribution in [1.82, 2.24) is 0 Å². The van der Waals surface area contributed by atoms with E-state index in [1.807, 2.05) is 0 Å². The molecular weight excluding hydrogens is 1030 g/mol. The van der Waals surface area contributed by atoms with Crippen molar-refractivity contribution < 1.29 is 55.5 Å². The zero-order chi connectivity index (χ0) is 55.9. The second kappa shape index (κ2) is 67.6. The number of allylic oxidation sites excluding steroid dienone is 6. The van der Waals surface area contributed by atoms with E-state index in [1.54, 1.807) is 20.8 Å². The first kappa shape index (κ1) is 82.5. The second-order valence-electron chi connectivity index (χ2n) is 19.9. The molecule has 12 nitrogen and oxygen atoms in total. The smallest absolute Gasteiger partial charge is 0.756 e. The molecule has 0 saturated carbocycles. The van der Waals surface area contributed by atoms with Gasteiger partial charge in [-0.25, -0.2) is 0 Å². The first-order valence-electron chi connectivity index (χ1n) is 31.1. The van der Waals surface area contributed by atoms with Gasteiger partial charge in [-0.2, -0.15) is 0 Å². The summed E-state index contributed by atoms with van der Waals surface area (Å²) in [5, 5.41) is 0. The molecule has 0 aliphatic heterocycles. The van der Waals surface area contributed by atoms with E-state index in [4.69, 9.17) is 13.6 Å². The molecule has 3 atom stereocenters. The monoisotopic (exact) mass is 1150 g/mol. The van der Waals surface area contributed by atoms with Gasteiger partial charge in [0.15, 0.2) is 0 Å². The minimum absolute atomic E-state index is 0. The SMILES string of the molecule is CCCCCCCC/C=C\CCCCCCCCOP(=O)([O-])OCC.CCCCCCCC/C=C\CCCCCCCCOP(=O)([O-])OCC.CCCCCCCC/C=C\CCCCCCCCOP(=O)([O-])OCC.[Al+3]. The second-order valence-corrected chi connectivity index (χ2v) is 24.1. The summed E-state index contributed by atoms with van der Waals surface area (Å²) in [4.78, 5) is 33.5. The van der Waals surface area contributed by atoms with Crippen molar-refractivity contribution in [2.45, 2.75) is 311 Å². The van der Waals surface area contributed by atoms with Gasteiger partial charge in [0.25, 0.3) is 23.5 Å². The normalized spacial score (nSPS) is 14.0. The number of hydrogen-bond donors (Lipinski definition) is 0. The van der Waals surface area contributed by atoms with E-state index in [9.17, 15) is 28.4 Å². The number of hydrogen-bond acceptors (Lipinski definition) is 12. The van der Waals surface area contributed by atoms with Gasteiger partial charge in [-0.3, -0.25) is 13.7 Å². The molecule has 0 radical (unpaired) electrons. The molecule has 0 aromatic carbocycles. The number of unbranched alkanes of at least 4 members (excludes halogenated alkanes) is 36. The van der Waals surface area contributed by atoms with Gasteiger partial charge in [-0.15, -0.1) is 0 Å². The molecule has 0 aliphatic carbocycles. The number of phosphoric acid groups is 3. The van der Waals surface area contributed by atoms with Crippen LogP contribution in [0.2, 0.25) is 0 Å². The Bertz CT molecular complexity index is 1200. The predicted octanol–water partition coefficient (Wildman–Crippen LogP) is 19.3. The molecule has 0 aromatic heterocycles. The maximum Gasteiger partial charge on any atom is 3.00 e. The molecule has 0 aliphatic rings.